The van der Waals surface area contributed by atoms with Crippen LogP contribution in [0.25, 0.3) is 0 Å². The Morgan fingerprint density at radius 3 is 2.30 bits per heavy atom. The fourth-order valence-corrected chi connectivity index (χ4v) is 2.73. The summed E-state index contributed by atoms with van der Waals surface area (Å²) in [6, 6.07) is 0.653. The molecule has 1 spiro atoms. The smallest absolute Gasteiger partial charge is 0.106 e. The van der Waals surface area contributed by atoms with Crippen molar-refractivity contribution in [2.45, 2.75) is 43.7 Å². The van der Waals surface area contributed by atoms with Crippen molar-refractivity contribution in [2.24, 2.45) is 16.1 Å². The van der Waals surface area contributed by atoms with Gasteiger partial charge in [0, 0.05) is 0 Å². The van der Waals surface area contributed by atoms with Gasteiger partial charge in [-0.3, -0.25) is 0 Å². The molecule has 0 radical (unpaired) electrons. The summed E-state index contributed by atoms with van der Waals surface area (Å²) in [5.74, 6) is 1.01. The average Bonchev–Trinajstić information content (AvgIpc) is 1.97. The van der Waals surface area contributed by atoms with Gasteiger partial charge in [0.2, 0.25) is 0 Å². The molecular formula is C8H12N2. The SMILES string of the molecule is C1CC23CCC1CC2N=N3. The van der Waals surface area contributed by atoms with E-state index in [4.69, 9.17) is 0 Å². The normalized spacial score (nSPS) is 56.0. The number of hydrogen-bond donors (Lipinski definition) is 0. The molecule has 1 unspecified atom stereocenters. The van der Waals surface area contributed by atoms with Gasteiger partial charge in [0.1, 0.15) is 5.54 Å². The Balaban J connectivity index is 2.01. The van der Waals surface area contributed by atoms with Gasteiger partial charge in [-0.2, -0.15) is 10.2 Å². The van der Waals surface area contributed by atoms with Crippen molar-refractivity contribution < 1.29 is 0 Å². The van der Waals surface area contributed by atoms with Crippen LogP contribution in [0.2, 0.25) is 0 Å². The van der Waals surface area contributed by atoms with Gasteiger partial charge in [-0.15, -0.1) is 0 Å². The van der Waals surface area contributed by atoms with Gasteiger partial charge in [-0.25, -0.2) is 0 Å². The molecule has 54 valence electrons. The fourth-order valence-electron chi connectivity index (χ4n) is 2.73. The van der Waals surface area contributed by atoms with Crippen LogP contribution in [0.1, 0.15) is 32.1 Å². The van der Waals surface area contributed by atoms with Crippen LogP contribution in [0, 0.1) is 5.92 Å². The van der Waals surface area contributed by atoms with Crippen LogP contribution < -0.4 is 0 Å². The molecule has 2 bridgehead atoms. The van der Waals surface area contributed by atoms with Crippen LogP contribution >= 0.6 is 0 Å². The second-order valence-electron chi connectivity index (χ2n) is 4.01. The van der Waals surface area contributed by atoms with Crippen molar-refractivity contribution in [3.05, 3.63) is 0 Å². The molecule has 3 aliphatic carbocycles. The van der Waals surface area contributed by atoms with Gasteiger partial charge in [0.05, 0.1) is 6.04 Å². The zero-order chi connectivity index (χ0) is 6.60. The summed E-state index contributed by atoms with van der Waals surface area (Å²) in [7, 11) is 0. The Labute approximate surface area is 60.7 Å². The summed E-state index contributed by atoms with van der Waals surface area (Å²) >= 11 is 0. The number of fused-ring (bicyclic) bond motifs is 2. The number of nitrogens with zero attached hydrogens (tertiary/aromatic N) is 2. The average molecular weight is 136 g/mol. The molecule has 2 heteroatoms. The maximum Gasteiger partial charge on any atom is 0.106 e. The molecule has 4 aliphatic rings. The molecule has 0 saturated heterocycles. The first kappa shape index (κ1) is 5.28. The van der Waals surface area contributed by atoms with Crippen LogP contribution in [0.3, 0.4) is 0 Å². The molecule has 1 aliphatic heterocycles. The lowest BCUT2D eigenvalue weighted by Gasteiger charge is -2.51. The molecule has 3 fully saturated rings. The van der Waals surface area contributed by atoms with Gasteiger partial charge in [-0.1, -0.05) is 0 Å². The quantitative estimate of drug-likeness (QED) is 0.487. The highest BCUT2D eigenvalue weighted by molar-refractivity contribution is 5.11. The zero-order valence-electron chi connectivity index (χ0n) is 6.08. The lowest BCUT2D eigenvalue weighted by molar-refractivity contribution is 0.0636. The standard InChI is InChI=1S/C8H12N2/c1-3-8-4-2-6(1)5-7(8)9-10-8/h6-7H,1-5H2. The summed E-state index contributed by atoms with van der Waals surface area (Å²) in [6.07, 6.45) is 6.88. The Bertz CT molecular complexity index is 189. The lowest BCUT2D eigenvalue weighted by atomic mass is 9.62. The Morgan fingerprint density at radius 2 is 2.00 bits per heavy atom. The van der Waals surface area contributed by atoms with Crippen LogP contribution in [-0.4, -0.2) is 11.6 Å². The van der Waals surface area contributed by atoms with Gasteiger partial charge in [0.15, 0.2) is 0 Å². The molecule has 3 saturated carbocycles. The Hall–Kier alpha value is -0.400. The summed E-state index contributed by atoms with van der Waals surface area (Å²) in [6.45, 7) is 0. The molecule has 2 nitrogen and oxygen atoms in total. The first-order chi connectivity index (χ1) is 4.89. The van der Waals surface area contributed by atoms with Crippen LogP contribution in [0.15, 0.2) is 10.2 Å². The van der Waals surface area contributed by atoms with Gasteiger partial charge < -0.3 is 0 Å². The lowest BCUT2D eigenvalue weighted by Crippen LogP contribution is -2.53. The zero-order valence-corrected chi connectivity index (χ0v) is 6.08. The number of rotatable bonds is 0. The summed E-state index contributed by atoms with van der Waals surface area (Å²) in [4.78, 5) is 0. The third kappa shape index (κ3) is 0.435. The molecule has 0 N–H and O–H groups in total. The maximum absolute atomic E-state index is 4.30. The van der Waals surface area contributed by atoms with Crippen molar-refractivity contribution in [3.8, 4) is 0 Å². The highest BCUT2D eigenvalue weighted by Crippen LogP contribution is 2.52. The molecule has 0 amide bonds. The highest BCUT2D eigenvalue weighted by Gasteiger charge is 2.53. The van der Waals surface area contributed by atoms with Crippen LogP contribution in [-0.2, 0) is 0 Å². The number of hydrogen-bond acceptors (Lipinski definition) is 2. The van der Waals surface area contributed by atoms with Crippen molar-refractivity contribution >= 4 is 0 Å². The summed E-state index contributed by atoms with van der Waals surface area (Å²) in [5.41, 5.74) is 0.384. The van der Waals surface area contributed by atoms with E-state index in [9.17, 15) is 0 Å². The van der Waals surface area contributed by atoms with E-state index in [0.717, 1.165) is 5.92 Å². The third-order valence-corrected chi connectivity index (χ3v) is 3.54. The minimum atomic E-state index is 0.384. The highest BCUT2D eigenvalue weighted by atomic mass is 15.3. The summed E-state index contributed by atoms with van der Waals surface area (Å²) < 4.78 is 0. The maximum atomic E-state index is 4.30. The molecule has 10 heavy (non-hydrogen) atoms. The molecule has 1 atom stereocenters. The molecular weight excluding hydrogens is 124 g/mol. The van der Waals surface area contributed by atoms with Crippen molar-refractivity contribution in [1.82, 2.24) is 0 Å². The van der Waals surface area contributed by atoms with E-state index in [-0.39, 0.29) is 0 Å². The Kier molecular flexibility index (Phi) is 0.758. The molecule has 4 rings (SSSR count). The van der Waals surface area contributed by atoms with E-state index in [1.165, 1.54) is 32.1 Å². The molecule has 1 heterocycles. The predicted octanol–water partition coefficient (Wildman–Crippen LogP) is 2.15. The molecule has 0 aromatic heterocycles. The predicted molar refractivity (Wildman–Crippen MR) is 38.0 cm³/mol. The van der Waals surface area contributed by atoms with Crippen LogP contribution in [0.4, 0.5) is 0 Å². The minimum Gasteiger partial charge on any atom is -0.188 e. The monoisotopic (exact) mass is 136 g/mol. The fraction of sp³-hybridized carbons (Fsp3) is 1.00. The van der Waals surface area contributed by atoms with E-state index in [0.29, 0.717) is 11.6 Å². The van der Waals surface area contributed by atoms with Crippen molar-refractivity contribution in [3.63, 3.8) is 0 Å². The molecule has 0 aromatic carbocycles. The van der Waals surface area contributed by atoms with Gasteiger partial charge >= 0.3 is 0 Å². The van der Waals surface area contributed by atoms with Crippen LogP contribution in [0.5, 0.6) is 0 Å². The first-order valence-corrected chi connectivity index (χ1v) is 4.31. The van der Waals surface area contributed by atoms with Gasteiger partial charge in [0.25, 0.3) is 0 Å². The summed E-state index contributed by atoms with van der Waals surface area (Å²) in [5, 5.41) is 8.49. The molecule has 0 aromatic rings. The minimum absolute atomic E-state index is 0.384. The van der Waals surface area contributed by atoms with E-state index >= 15 is 0 Å². The van der Waals surface area contributed by atoms with E-state index in [1.807, 2.05) is 0 Å². The van der Waals surface area contributed by atoms with Crippen molar-refractivity contribution in [2.75, 3.05) is 0 Å². The van der Waals surface area contributed by atoms with E-state index < -0.39 is 0 Å². The Morgan fingerprint density at radius 1 is 1.20 bits per heavy atom. The van der Waals surface area contributed by atoms with Crippen molar-refractivity contribution in [1.29, 1.82) is 0 Å². The third-order valence-electron chi connectivity index (χ3n) is 3.54. The second kappa shape index (κ2) is 1.44. The first-order valence-electron chi connectivity index (χ1n) is 4.31. The second-order valence-corrected chi connectivity index (χ2v) is 4.01. The van der Waals surface area contributed by atoms with E-state index in [2.05, 4.69) is 10.2 Å². The van der Waals surface area contributed by atoms with Gasteiger partial charge in [-0.05, 0) is 38.0 Å². The number of azo groups is 1. The largest absolute Gasteiger partial charge is 0.188 e. The topological polar surface area (TPSA) is 24.7 Å². The van der Waals surface area contributed by atoms with E-state index in [1.54, 1.807) is 0 Å².